The minimum atomic E-state index is -1.04. The zero-order chi connectivity index (χ0) is 24.6. The molecule has 1 unspecified atom stereocenters. The van der Waals surface area contributed by atoms with E-state index in [1.807, 2.05) is 20.8 Å². The summed E-state index contributed by atoms with van der Waals surface area (Å²) < 4.78 is 11.5. The van der Waals surface area contributed by atoms with Gasteiger partial charge < -0.3 is 19.4 Å². The molecule has 2 N–H and O–H groups in total. The van der Waals surface area contributed by atoms with Gasteiger partial charge in [0.25, 0.3) is 11.7 Å². The highest BCUT2D eigenvalue weighted by atomic mass is 16.5. The van der Waals surface area contributed by atoms with E-state index in [0.717, 1.165) is 5.56 Å². The van der Waals surface area contributed by atoms with Crippen molar-refractivity contribution in [2.75, 3.05) is 11.5 Å². The number of ketones is 1. The van der Waals surface area contributed by atoms with Gasteiger partial charge in [-0.1, -0.05) is 19.9 Å². The number of aromatic hydroxyl groups is 1. The average molecular weight is 462 g/mol. The summed E-state index contributed by atoms with van der Waals surface area (Å²) in [5, 5.41) is 21.7. The Morgan fingerprint density at radius 1 is 1.06 bits per heavy atom. The maximum absolute atomic E-state index is 13.2. The number of benzene rings is 2. The van der Waals surface area contributed by atoms with Gasteiger partial charge in [-0.3, -0.25) is 14.5 Å². The van der Waals surface area contributed by atoms with Crippen molar-refractivity contribution < 1.29 is 29.0 Å². The molecule has 1 fully saturated rings. The molecule has 1 atom stereocenters. The number of hydrogen-bond donors (Lipinski definition) is 2. The first-order valence-electron chi connectivity index (χ1n) is 11.1. The summed E-state index contributed by atoms with van der Waals surface area (Å²) >= 11 is 0. The van der Waals surface area contributed by atoms with Crippen LogP contribution in [0.25, 0.3) is 5.76 Å². The molecule has 0 aliphatic carbocycles. The molecule has 0 radical (unpaired) electrons. The maximum Gasteiger partial charge on any atom is 0.300 e. The van der Waals surface area contributed by atoms with Crippen molar-refractivity contribution in [1.29, 1.82) is 0 Å². The van der Waals surface area contributed by atoms with Gasteiger partial charge in [0, 0.05) is 5.56 Å². The fraction of sp³-hybridized carbons (Fsp3) is 0.259. The topological polar surface area (TPSA) is 100 Å². The lowest BCUT2D eigenvalue weighted by molar-refractivity contribution is -0.132. The lowest BCUT2D eigenvalue weighted by atomic mass is 9.99. The minimum Gasteiger partial charge on any atom is -0.507 e. The van der Waals surface area contributed by atoms with Crippen molar-refractivity contribution in [3.8, 4) is 11.5 Å². The zero-order valence-corrected chi connectivity index (χ0v) is 19.5. The number of aryl methyl sites for hydroxylation is 2. The molecule has 0 bridgehead atoms. The number of Topliss-reactive ketones (excluding diaryl/α,β-unsaturated/α-hetero) is 1. The Morgan fingerprint density at radius 2 is 1.76 bits per heavy atom. The second-order valence-corrected chi connectivity index (χ2v) is 8.84. The summed E-state index contributed by atoms with van der Waals surface area (Å²) in [5.74, 6) is -0.338. The fourth-order valence-electron chi connectivity index (χ4n) is 3.90. The van der Waals surface area contributed by atoms with E-state index >= 15 is 0 Å². The van der Waals surface area contributed by atoms with E-state index in [0.29, 0.717) is 35.4 Å². The molecule has 1 saturated heterocycles. The van der Waals surface area contributed by atoms with E-state index in [1.54, 1.807) is 55.5 Å². The normalized spacial score (nSPS) is 17.6. The number of aliphatic hydroxyl groups excluding tert-OH is 1. The summed E-state index contributed by atoms with van der Waals surface area (Å²) in [6.45, 7) is 8.20. The number of furan rings is 1. The summed E-state index contributed by atoms with van der Waals surface area (Å²) in [5.41, 5.74) is 1.20. The van der Waals surface area contributed by atoms with Gasteiger partial charge in [-0.2, -0.15) is 0 Å². The van der Waals surface area contributed by atoms with Crippen LogP contribution >= 0.6 is 0 Å². The molecule has 1 aromatic heterocycles. The highest BCUT2D eigenvalue weighted by Crippen LogP contribution is 2.45. The van der Waals surface area contributed by atoms with Gasteiger partial charge in [0.2, 0.25) is 0 Å². The third kappa shape index (κ3) is 4.29. The Labute approximate surface area is 197 Å². The Bertz CT molecular complexity index is 1270. The molecule has 176 valence electrons. The number of amides is 1. The van der Waals surface area contributed by atoms with Gasteiger partial charge in [0.05, 0.1) is 17.9 Å². The number of hydrogen-bond acceptors (Lipinski definition) is 6. The molecule has 0 saturated carbocycles. The number of phenolic OH excluding ortho intramolecular Hbond substituents is 1. The monoisotopic (exact) mass is 461 g/mol. The molecule has 34 heavy (non-hydrogen) atoms. The van der Waals surface area contributed by atoms with E-state index in [9.17, 15) is 19.8 Å². The average Bonchev–Trinajstić information content (AvgIpc) is 3.34. The van der Waals surface area contributed by atoms with Crippen molar-refractivity contribution >= 4 is 23.1 Å². The molecule has 1 aliphatic heterocycles. The van der Waals surface area contributed by atoms with Crippen molar-refractivity contribution in [3.63, 3.8) is 0 Å². The van der Waals surface area contributed by atoms with Gasteiger partial charge in [-0.15, -0.1) is 0 Å². The molecule has 3 aromatic rings. The number of anilines is 1. The molecule has 2 aromatic carbocycles. The van der Waals surface area contributed by atoms with Crippen LogP contribution in [-0.2, 0) is 9.59 Å². The molecule has 7 heteroatoms. The Kier molecular flexibility index (Phi) is 6.20. The molecule has 2 heterocycles. The summed E-state index contributed by atoms with van der Waals surface area (Å²) in [7, 11) is 0. The Hall–Kier alpha value is -4.00. The van der Waals surface area contributed by atoms with Gasteiger partial charge in [-0.05, 0) is 73.9 Å². The third-order valence-corrected chi connectivity index (χ3v) is 5.58. The summed E-state index contributed by atoms with van der Waals surface area (Å²) in [6.07, 6.45) is 0. The number of carbonyl (C=O) groups is 2. The molecular formula is C27H27NO6. The number of ether oxygens (including phenoxy) is 1. The van der Waals surface area contributed by atoms with Crippen molar-refractivity contribution in [3.05, 3.63) is 82.8 Å². The van der Waals surface area contributed by atoms with Crippen LogP contribution in [0.15, 0.2) is 64.6 Å². The quantitative estimate of drug-likeness (QED) is 0.295. The van der Waals surface area contributed by atoms with Crippen molar-refractivity contribution in [2.24, 2.45) is 5.92 Å². The first-order valence-corrected chi connectivity index (χ1v) is 11.1. The SMILES string of the molecule is Cc1ccc(O)c(N2C(=O)C(=O)/C(=C(\O)c3ccc(OCC(C)C)cc3)C2c2ccc(C)o2)c1. The predicted molar refractivity (Wildman–Crippen MR) is 128 cm³/mol. The van der Waals surface area contributed by atoms with E-state index < -0.39 is 17.7 Å². The number of rotatable bonds is 6. The largest absolute Gasteiger partial charge is 0.507 e. The Balaban J connectivity index is 1.83. The van der Waals surface area contributed by atoms with Crippen LogP contribution in [0.4, 0.5) is 5.69 Å². The van der Waals surface area contributed by atoms with Gasteiger partial charge in [0.15, 0.2) is 0 Å². The number of aliphatic hydroxyl groups is 1. The summed E-state index contributed by atoms with van der Waals surface area (Å²) in [6, 6.07) is 13.8. The number of carbonyl (C=O) groups excluding carboxylic acids is 2. The second kappa shape index (κ2) is 9.09. The molecule has 1 aliphatic rings. The lowest BCUT2D eigenvalue weighted by Gasteiger charge is -2.24. The van der Waals surface area contributed by atoms with Crippen LogP contribution in [0.5, 0.6) is 11.5 Å². The molecular weight excluding hydrogens is 434 g/mol. The predicted octanol–water partition coefficient (Wildman–Crippen LogP) is 5.26. The molecule has 4 rings (SSSR count). The zero-order valence-electron chi connectivity index (χ0n) is 19.5. The summed E-state index contributed by atoms with van der Waals surface area (Å²) in [4.78, 5) is 27.5. The second-order valence-electron chi connectivity index (χ2n) is 8.84. The molecule has 0 spiro atoms. The van der Waals surface area contributed by atoms with Gasteiger partial charge in [0.1, 0.15) is 34.8 Å². The van der Waals surface area contributed by atoms with Crippen LogP contribution in [0.2, 0.25) is 0 Å². The Morgan fingerprint density at radius 3 is 2.38 bits per heavy atom. The van der Waals surface area contributed by atoms with Crippen LogP contribution in [-0.4, -0.2) is 28.5 Å². The smallest absolute Gasteiger partial charge is 0.300 e. The number of phenols is 1. The standard InChI is InChI=1S/C27H27NO6/c1-15(2)14-33-19-9-7-18(8-10-19)25(30)23-24(22-12-6-17(4)34-22)28(27(32)26(23)31)20-13-16(3)5-11-21(20)29/h5-13,15,24,29-30H,14H2,1-4H3/b25-23-. The minimum absolute atomic E-state index is 0.115. The first-order chi connectivity index (χ1) is 16.2. The lowest BCUT2D eigenvalue weighted by Crippen LogP contribution is -2.29. The van der Waals surface area contributed by atoms with Crippen LogP contribution < -0.4 is 9.64 Å². The highest BCUT2D eigenvalue weighted by Gasteiger charge is 2.49. The van der Waals surface area contributed by atoms with Crippen molar-refractivity contribution in [1.82, 2.24) is 0 Å². The fourth-order valence-corrected chi connectivity index (χ4v) is 3.90. The molecule has 1 amide bonds. The van der Waals surface area contributed by atoms with Gasteiger partial charge in [-0.25, -0.2) is 0 Å². The molecule has 7 nitrogen and oxygen atoms in total. The number of nitrogens with zero attached hydrogens (tertiary/aromatic N) is 1. The third-order valence-electron chi connectivity index (χ3n) is 5.58. The van der Waals surface area contributed by atoms with E-state index in [2.05, 4.69) is 0 Å². The van der Waals surface area contributed by atoms with Crippen LogP contribution in [0.1, 0.15) is 42.5 Å². The van der Waals surface area contributed by atoms with E-state index in [4.69, 9.17) is 9.15 Å². The van der Waals surface area contributed by atoms with Crippen LogP contribution in [0.3, 0.4) is 0 Å². The maximum atomic E-state index is 13.2. The van der Waals surface area contributed by atoms with Gasteiger partial charge >= 0.3 is 0 Å². The van der Waals surface area contributed by atoms with E-state index in [-0.39, 0.29) is 22.8 Å². The van der Waals surface area contributed by atoms with Crippen LogP contribution in [0, 0.1) is 19.8 Å². The van der Waals surface area contributed by atoms with Crippen molar-refractivity contribution in [2.45, 2.75) is 33.7 Å². The first kappa shape index (κ1) is 23.2. The van der Waals surface area contributed by atoms with E-state index in [1.165, 1.54) is 11.0 Å². The highest BCUT2D eigenvalue weighted by molar-refractivity contribution is 6.51.